The lowest BCUT2D eigenvalue weighted by atomic mass is 10.0. The van der Waals surface area contributed by atoms with Crippen LogP contribution in [0.4, 0.5) is 0 Å². The molecular formula is C44H38N2O6S2. The van der Waals surface area contributed by atoms with E-state index in [0.29, 0.717) is 22.6 Å². The van der Waals surface area contributed by atoms with E-state index in [4.69, 9.17) is 33.9 Å². The van der Waals surface area contributed by atoms with E-state index in [-0.39, 0.29) is 21.9 Å². The molecule has 54 heavy (non-hydrogen) atoms. The zero-order chi connectivity index (χ0) is 38.1. The van der Waals surface area contributed by atoms with Crippen LogP contribution in [0.3, 0.4) is 0 Å². The molecule has 6 aromatic carbocycles. The number of para-hydroxylation sites is 2. The standard InChI is InChI=1S/2C22H19NO3S/c2*24-20(22(27)26-18-14-8-3-9-15-18)19(16-10-4-1-5-11-16)23-21(25)17-12-6-2-7-13-17/h2*1-15,19-20,24H,(H,23,25)/t19-,20-;/m1./s1. The Morgan fingerprint density at radius 1 is 0.426 bits per heavy atom. The first-order valence-electron chi connectivity index (χ1n) is 17.0. The predicted octanol–water partition coefficient (Wildman–Crippen LogP) is 7.85. The molecule has 0 bridgehead atoms. The summed E-state index contributed by atoms with van der Waals surface area (Å²) in [4.78, 5) is 25.2. The van der Waals surface area contributed by atoms with Gasteiger partial charge in [-0.3, -0.25) is 9.59 Å². The number of amides is 2. The van der Waals surface area contributed by atoms with Gasteiger partial charge in [-0.15, -0.1) is 0 Å². The Morgan fingerprint density at radius 3 is 0.981 bits per heavy atom. The van der Waals surface area contributed by atoms with Crippen LogP contribution in [0.25, 0.3) is 0 Å². The number of hydrogen-bond donors (Lipinski definition) is 4. The third-order valence-electron chi connectivity index (χ3n) is 8.00. The van der Waals surface area contributed by atoms with Crippen molar-refractivity contribution in [2.75, 3.05) is 0 Å². The Morgan fingerprint density at radius 2 is 0.685 bits per heavy atom. The van der Waals surface area contributed by atoms with Gasteiger partial charge in [-0.25, -0.2) is 0 Å². The lowest BCUT2D eigenvalue weighted by Gasteiger charge is -2.25. The minimum atomic E-state index is -1.20. The molecule has 0 saturated heterocycles. The first kappa shape index (κ1) is 39.2. The molecule has 0 fully saturated rings. The second-order valence-electron chi connectivity index (χ2n) is 11.8. The molecule has 272 valence electrons. The smallest absolute Gasteiger partial charge is 0.251 e. The van der Waals surface area contributed by atoms with E-state index >= 15 is 0 Å². The van der Waals surface area contributed by atoms with Crippen LogP contribution in [0.1, 0.15) is 43.9 Å². The Bertz CT molecular complexity index is 1920. The van der Waals surface area contributed by atoms with Crippen molar-refractivity contribution in [1.29, 1.82) is 0 Å². The summed E-state index contributed by atoms with van der Waals surface area (Å²) >= 11 is 10.6. The largest absolute Gasteiger partial charge is 0.447 e. The predicted molar refractivity (Wildman–Crippen MR) is 218 cm³/mol. The highest BCUT2D eigenvalue weighted by Gasteiger charge is 2.29. The van der Waals surface area contributed by atoms with Crippen molar-refractivity contribution >= 4 is 46.4 Å². The number of hydrogen-bond acceptors (Lipinski definition) is 8. The van der Waals surface area contributed by atoms with E-state index in [9.17, 15) is 19.8 Å². The summed E-state index contributed by atoms with van der Waals surface area (Å²) in [5, 5.41) is 27.3. The molecule has 0 aliphatic rings. The van der Waals surface area contributed by atoms with Gasteiger partial charge in [0.15, 0.2) is 10.1 Å². The summed E-state index contributed by atoms with van der Waals surface area (Å²) in [7, 11) is 0. The van der Waals surface area contributed by atoms with E-state index in [0.717, 1.165) is 11.1 Å². The molecule has 0 radical (unpaired) electrons. The molecule has 6 rings (SSSR count). The number of carbonyl (C=O) groups is 2. The molecule has 4 atom stereocenters. The average molecular weight is 755 g/mol. The fourth-order valence-corrected chi connectivity index (χ4v) is 5.70. The van der Waals surface area contributed by atoms with E-state index in [2.05, 4.69) is 10.6 Å². The monoisotopic (exact) mass is 754 g/mol. The van der Waals surface area contributed by atoms with Gasteiger partial charge in [0.1, 0.15) is 23.7 Å². The fraction of sp³-hybridized carbons (Fsp3) is 0.0909. The van der Waals surface area contributed by atoms with Crippen LogP contribution in [0.2, 0.25) is 0 Å². The Labute approximate surface area is 325 Å². The van der Waals surface area contributed by atoms with Gasteiger partial charge in [0.05, 0.1) is 12.1 Å². The average Bonchev–Trinajstić information content (AvgIpc) is 3.23. The van der Waals surface area contributed by atoms with Crippen molar-refractivity contribution in [3.63, 3.8) is 0 Å². The molecule has 0 spiro atoms. The molecule has 10 heteroatoms. The van der Waals surface area contributed by atoms with E-state index < -0.39 is 24.3 Å². The van der Waals surface area contributed by atoms with Gasteiger partial charge in [-0.2, -0.15) is 0 Å². The fourth-order valence-electron chi connectivity index (χ4n) is 5.24. The number of carbonyl (C=O) groups excluding carboxylic acids is 2. The minimum absolute atomic E-state index is 0.0107. The summed E-state index contributed by atoms with van der Waals surface area (Å²) in [5.74, 6) is 0.461. The minimum Gasteiger partial charge on any atom is -0.447 e. The first-order chi connectivity index (χ1) is 26.3. The molecule has 2 amide bonds. The van der Waals surface area contributed by atoms with Gasteiger partial charge in [0.2, 0.25) is 0 Å². The lowest BCUT2D eigenvalue weighted by molar-refractivity contribution is 0.0882. The quantitative estimate of drug-likeness (QED) is 0.0935. The lowest BCUT2D eigenvalue weighted by Crippen LogP contribution is -2.41. The molecule has 2 unspecified atom stereocenters. The normalized spacial score (nSPS) is 12.6. The number of benzene rings is 6. The van der Waals surface area contributed by atoms with Gasteiger partial charge in [0, 0.05) is 11.1 Å². The Kier molecular flexibility index (Phi) is 14.7. The van der Waals surface area contributed by atoms with Crippen LogP contribution in [0.5, 0.6) is 11.5 Å². The maximum atomic E-state index is 12.6. The van der Waals surface area contributed by atoms with Crippen molar-refractivity contribution in [3.8, 4) is 11.5 Å². The molecule has 0 saturated carbocycles. The number of thiocarbonyl (C=S) groups is 2. The van der Waals surface area contributed by atoms with Crippen LogP contribution < -0.4 is 20.1 Å². The second kappa shape index (κ2) is 20.3. The van der Waals surface area contributed by atoms with Crippen LogP contribution in [-0.2, 0) is 0 Å². The number of aliphatic hydroxyl groups excluding tert-OH is 2. The maximum absolute atomic E-state index is 12.6. The van der Waals surface area contributed by atoms with Crippen molar-refractivity contribution in [1.82, 2.24) is 10.6 Å². The van der Waals surface area contributed by atoms with Gasteiger partial charge in [-0.1, -0.05) is 133 Å². The molecule has 0 aliphatic carbocycles. The van der Waals surface area contributed by atoms with E-state index in [1.54, 1.807) is 72.8 Å². The summed E-state index contributed by atoms with van der Waals surface area (Å²) in [6.45, 7) is 0. The number of ether oxygens (including phenoxy) is 2. The molecule has 4 N–H and O–H groups in total. The third-order valence-corrected chi connectivity index (χ3v) is 8.65. The van der Waals surface area contributed by atoms with Gasteiger partial charge < -0.3 is 30.3 Å². The van der Waals surface area contributed by atoms with Crippen molar-refractivity contribution < 1.29 is 29.3 Å². The first-order valence-corrected chi connectivity index (χ1v) is 17.8. The molecule has 0 aliphatic heterocycles. The van der Waals surface area contributed by atoms with Crippen LogP contribution in [0, 0.1) is 0 Å². The van der Waals surface area contributed by atoms with Gasteiger partial charge in [-0.05, 0) is 84.1 Å². The van der Waals surface area contributed by atoms with Gasteiger partial charge >= 0.3 is 0 Å². The highest BCUT2D eigenvalue weighted by Crippen LogP contribution is 2.23. The molecule has 8 nitrogen and oxygen atoms in total. The number of aliphatic hydroxyl groups is 2. The second-order valence-corrected chi connectivity index (χ2v) is 12.6. The van der Waals surface area contributed by atoms with E-state index in [1.165, 1.54) is 0 Å². The SMILES string of the molecule is O=C(NC(c1ccccc1)C(O)C(=S)Oc1ccccc1)c1ccccc1.O=C(N[C@H](c1ccccc1)[C@@H](O)C(=S)Oc1ccccc1)c1ccccc1. The summed E-state index contributed by atoms with van der Waals surface area (Å²) in [5.41, 5.74) is 2.46. The zero-order valence-corrected chi connectivity index (χ0v) is 30.6. The number of nitrogens with one attached hydrogen (secondary N) is 2. The molecular weight excluding hydrogens is 717 g/mol. The topological polar surface area (TPSA) is 117 Å². The molecule has 0 aromatic heterocycles. The highest BCUT2D eigenvalue weighted by atomic mass is 32.1. The highest BCUT2D eigenvalue weighted by molar-refractivity contribution is 7.80. The summed E-state index contributed by atoms with van der Waals surface area (Å²) in [6.07, 6.45) is -2.40. The van der Waals surface area contributed by atoms with Crippen LogP contribution in [-0.4, -0.2) is 44.3 Å². The summed E-state index contributed by atoms with van der Waals surface area (Å²) in [6, 6.07) is 52.5. The molecule has 6 aromatic rings. The van der Waals surface area contributed by atoms with E-state index in [1.807, 2.05) is 109 Å². The van der Waals surface area contributed by atoms with Crippen molar-refractivity contribution in [2.45, 2.75) is 24.3 Å². The zero-order valence-electron chi connectivity index (χ0n) is 29.0. The van der Waals surface area contributed by atoms with Crippen LogP contribution >= 0.6 is 24.4 Å². The summed E-state index contributed by atoms with van der Waals surface area (Å²) < 4.78 is 11.2. The van der Waals surface area contributed by atoms with Crippen LogP contribution in [0.15, 0.2) is 182 Å². The number of rotatable bonds is 12. The van der Waals surface area contributed by atoms with Gasteiger partial charge in [0.25, 0.3) is 11.8 Å². The van der Waals surface area contributed by atoms with Crippen molar-refractivity contribution in [2.24, 2.45) is 0 Å². The molecule has 0 heterocycles. The Balaban J connectivity index is 0.000000208. The Hall–Kier alpha value is -6.04. The third kappa shape index (κ3) is 11.5. The van der Waals surface area contributed by atoms with Crippen molar-refractivity contribution in [3.05, 3.63) is 204 Å². The maximum Gasteiger partial charge on any atom is 0.251 e.